The third-order valence-electron chi connectivity index (χ3n) is 2.01. The molecule has 0 fully saturated rings. The van der Waals surface area contributed by atoms with E-state index in [1.54, 1.807) is 0 Å². The number of carbonyl (C=O) groups excluding carboxylic acids is 1. The summed E-state index contributed by atoms with van der Waals surface area (Å²) in [5.41, 5.74) is 0.805. The molecule has 0 spiro atoms. The van der Waals surface area contributed by atoms with Gasteiger partial charge in [-0.3, -0.25) is 14.8 Å². The Morgan fingerprint density at radius 3 is 2.82 bits per heavy atom. The van der Waals surface area contributed by atoms with Crippen molar-refractivity contribution in [2.45, 2.75) is 6.54 Å². The summed E-state index contributed by atoms with van der Waals surface area (Å²) in [6, 6.07) is 1.31. The highest BCUT2D eigenvalue weighted by atomic mass is 19.1. The van der Waals surface area contributed by atoms with E-state index in [0.29, 0.717) is 5.56 Å². The number of halogens is 1. The SMILES string of the molecule is O=C(NCc1cncc(F)c1)c1cnccn1. The molecule has 0 unspecified atom stereocenters. The monoisotopic (exact) mass is 232 g/mol. The Morgan fingerprint density at radius 2 is 2.12 bits per heavy atom. The molecule has 17 heavy (non-hydrogen) atoms. The zero-order chi connectivity index (χ0) is 12.1. The number of rotatable bonds is 3. The number of amides is 1. The fourth-order valence-electron chi connectivity index (χ4n) is 1.24. The van der Waals surface area contributed by atoms with Crippen LogP contribution < -0.4 is 5.32 Å². The molecule has 0 saturated heterocycles. The molecule has 6 heteroatoms. The van der Waals surface area contributed by atoms with Crippen LogP contribution in [0.1, 0.15) is 16.1 Å². The Hall–Kier alpha value is -2.37. The minimum absolute atomic E-state index is 0.195. The molecule has 0 aliphatic rings. The largest absolute Gasteiger partial charge is 0.347 e. The van der Waals surface area contributed by atoms with Crippen molar-refractivity contribution in [3.8, 4) is 0 Å². The van der Waals surface area contributed by atoms with Crippen molar-refractivity contribution in [2.24, 2.45) is 0 Å². The second-order valence-electron chi connectivity index (χ2n) is 3.28. The molecule has 0 saturated carbocycles. The summed E-state index contributed by atoms with van der Waals surface area (Å²) < 4.78 is 12.8. The van der Waals surface area contributed by atoms with Gasteiger partial charge in [0.05, 0.1) is 12.4 Å². The number of nitrogens with one attached hydrogen (secondary N) is 1. The van der Waals surface area contributed by atoms with E-state index in [2.05, 4.69) is 20.3 Å². The van der Waals surface area contributed by atoms with Gasteiger partial charge >= 0.3 is 0 Å². The van der Waals surface area contributed by atoms with Crippen molar-refractivity contribution in [3.63, 3.8) is 0 Å². The molecule has 0 atom stereocenters. The average molecular weight is 232 g/mol. The first-order chi connectivity index (χ1) is 8.25. The van der Waals surface area contributed by atoms with Gasteiger partial charge in [0.25, 0.3) is 5.91 Å². The summed E-state index contributed by atoms with van der Waals surface area (Å²) >= 11 is 0. The van der Waals surface area contributed by atoms with Crippen LogP contribution in [-0.4, -0.2) is 20.9 Å². The highest BCUT2D eigenvalue weighted by Crippen LogP contribution is 2.00. The maximum atomic E-state index is 12.8. The van der Waals surface area contributed by atoms with Crippen LogP contribution in [0.4, 0.5) is 4.39 Å². The van der Waals surface area contributed by atoms with Crippen molar-refractivity contribution < 1.29 is 9.18 Å². The number of pyridine rings is 1. The van der Waals surface area contributed by atoms with E-state index in [1.165, 1.54) is 30.9 Å². The Bertz CT molecular complexity index is 518. The van der Waals surface area contributed by atoms with E-state index in [-0.39, 0.29) is 18.1 Å². The Balaban J connectivity index is 1.97. The van der Waals surface area contributed by atoms with Gasteiger partial charge in [-0.1, -0.05) is 0 Å². The van der Waals surface area contributed by atoms with E-state index in [0.717, 1.165) is 6.20 Å². The first-order valence-corrected chi connectivity index (χ1v) is 4.89. The van der Waals surface area contributed by atoms with E-state index in [1.807, 2.05) is 0 Å². The van der Waals surface area contributed by atoms with E-state index < -0.39 is 5.82 Å². The molecular weight excluding hydrogens is 223 g/mol. The third-order valence-corrected chi connectivity index (χ3v) is 2.01. The highest BCUT2D eigenvalue weighted by Gasteiger charge is 2.06. The van der Waals surface area contributed by atoms with Gasteiger partial charge in [-0.2, -0.15) is 0 Å². The van der Waals surface area contributed by atoms with Crippen molar-refractivity contribution in [3.05, 3.63) is 54.1 Å². The lowest BCUT2D eigenvalue weighted by Gasteiger charge is -2.03. The molecule has 2 rings (SSSR count). The average Bonchev–Trinajstić information content (AvgIpc) is 2.37. The summed E-state index contributed by atoms with van der Waals surface area (Å²) in [6.07, 6.45) is 6.86. The zero-order valence-corrected chi connectivity index (χ0v) is 8.80. The number of hydrogen-bond donors (Lipinski definition) is 1. The number of hydrogen-bond acceptors (Lipinski definition) is 4. The maximum absolute atomic E-state index is 12.8. The molecule has 2 aromatic rings. The summed E-state index contributed by atoms with van der Waals surface area (Å²) in [6.45, 7) is 0.195. The Morgan fingerprint density at radius 1 is 1.24 bits per heavy atom. The molecular formula is C11H9FN4O. The Labute approximate surface area is 96.8 Å². The predicted octanol–water partition coefficient (Wildman–Crippen LogP) is 0.941. The van der Waals surface area contributed by atoms with Crippen molar-refractivity contribution >= 4 is 5.91 Å². The molecule has 1 N–H and O–H groups in total. The fourth-order valence-corrected chi connectivity index (χ4v) is 1.24. The van der Waals surface area contributed by atoms with Crippen LogP contribution in [0.25, 0.3) is 0 Å². The second-order valence-corrected chi connectivity index (χ2v) is 3.28. The van der Waals surface area contributed by atoms with Gasteiger partial charge in [-0.25, -0.2) is 9.37 Å². The van der Waals surface area contributed by atoms with Crippen LogP contribution in [-0.2, 0) is 6.54 Å². The zero-order valence-electron chi connectivity index (χ0n) is 8.80. The second kappa shape index (κ2) is 5.11. The summed E-state index contributed by atoms with van der Waals surface area (Å²) in [5, 5.41) is 2.59. The number of aromatic nitrogens is 3. The van der Waals surface area contributed by atoms with Gasteiger partial charge in [-0.05, 0) is 11.6 Å². The predicted molar refractivity (Wildman–Crippen MR) is 57.4 cm³/mol. The lowest BCUT2D eigenvalue weighted by Crippen LogP contribution is -2.24. The minimum Gasteiger partial charge on any atom is -0.347 e. The van der Waals surface area contributed by atoms with Gasteiger partial charge in [0.2, 0.25) is 0 Å². The summed E-state index contributed by atoms with van der Waals surface area (Å²) in [7, 11) is 0. The molecule has 0 aliphatic carbocycles. The van der Waals surface area contributed by atoms with E-state index >= 15 is 0 Å². The quantitative estimate of drug-likeness (QED) is 0.855. The highest BCUT2D eigenvalue weighted by molar-refractivity contribution is 5.91. The molecule has 2 heterocycles. The first kappa shape index (κ1) is 11.1. The van der Waals surface area contributed by atoms with Crippen LogP contribution in [0.3, 0.4) is 0 Å². The number of nitrogens with zero attached hydrogens (tertiary/aromatic N) is 3. The van der Waals surface area contributed by atoms with E-state index in [9.17, 15) is 9.18 Å². The first-order valence-electron chi connectivity index (χ1n) is 4.89. The van der Waals surface area contributed by atoms with Crippen LogP contribution in [0.5, 0.6) is 0 Å². The van der Waals surface area contributed by atoms with E-state index in [4.69, 9.17) is 0 Å². The van der Waals surface area contributed by atoms with Gasteiger partial charge in [0, 0.05) is 25.1 Å². The van der Waals surface area contributed by atoms with Crippen LogP contribution >= 0.6 is 0 Å². The van der Waals surface area contributed by atoms with Crippen molar-refractivity contribution in [1.82, 2.24) is 20.3 Å². The van der Waals surface area contributed by atoms with Gasteiger partial charge in [0.15, 0.2) is 0 Å². The molecule has 1 amide bonds. The molecule has 2 aromatic heterocycles. The van der Waals surface area contributed by atoms with Gasteiger partial charge in [-0.15, -0.1) is 0 Å². The van der Waals surface area contributed by atoms with Crippen LogP contribution in [0, 0.1) is 5.82 Å². The normalized spacial score (nSPS) is 9.94. The lowest BCUT2D eigenvalue weighted by atomic mass is 10.3. The number of carbonyl (C=O) groups is 1. The van der Waals surface area contributed by atoms with Crippen molar-refractivity contribution in [1.29, 1.82) is 0 Å². The Kier molecular flexibility index (Phi) is 3.34. The van der Waals surface area contributed by atoms with Crippen molar-refractivity contribution in [2.75, 3.05) is 0 Å². The smallest absolute Gasteiger partial charge is 0.271 e. The third kappa shape index (κ3) is 3.04. The molecule has 86 valence electrons. The topological polar surface area (TPSA) is 67.8 Å². The van der Waals surface area contributed by atoms with Gasteiger partial charge in [0.1, 0.15) is 11.5 Å². The van der Waals surface area contributed by atoms with Crippen LogP contribution in [0.15, 0.2) is 37.1 Å². The molecule has 0 bridgehead atoms. The standard InChI is InChI=1S/C11H9FN4O/c12-9-3-8(4-14-6-9)5-16-11(17)10-7-13-1-2-15-10/h1-4,6-7H,5H2,(H,16,17). The molecule has 5 nitrogen and oxygen atoms in total. The molecule has 0 aliphatic heterocycles. The van der Waals surface area contributed by atoms with Crippen LogP contribution in [0.2, 0.25) is 0 Å². The van der Waals surface area contributed by atoms with Gasteiger partial charge < -0.3 is 5.32 Å². The summed E-state index contributed by atoms with van der Waals surface area (Å²) in [5.74, 6) is -0.793. The molecule has 0 radical (unpaired) electrons. The minimum atomic E-state index is -0.434. The fraction of sp³-hybridized carbons (Fsp3) is 0.0909. The summed E-state index contributed by atoms with van der Waals surface area (Å²) in [4.78, 5) is 22.9. The molecule has 0 aromatic carbocycles. The maximum Gasteiger partial charge on any atom is 0.271 e. The lowest BCUT2D eigenvalue weighted by molar-refractivity contribution is 0.0945.